The van der Waals surface area contributed by atoms with Crippen LogP contribution in [0.1, 0.15) is 39.0 Å². The van der Waals surface area contributed by atoms with Gasteiger partial charge in [-0.05, 0) is 32.6 Å². The molecule has 13 heavy (non-hydrogen) atoms. The molecule has 0 unspecified atom stereocenters. The third-order valence-electron chi connectivity index (χ3n) is 2.44. The normalized spacial score (nSPS) is 20.8. The molecule has 1 saturated carbocycles. The van der Waals surface area contributed by atoms with E-state index in [0.717, 1.165) is 25.7 Å². The Morgan fingerprint density at radius 2 is 2.00 bits per heavy atom. The maximum absolute atomic E-state index is 11.0. The molecule has 0 saturated heterocycles. The van der Waals surface area contributed by atoms with E-state index in [1.165, 1.54) is 6.42 Å². The predicted octanol–water partition coefficient (Wildman–Crippen LogP) is 1.78. The van der Waals surface area contributed by atoms with Crippen LogP contribution in [0.25, 0.3) is 0 Å². The Morgan fingerprint density at radius 1 is 1.38 bits per heavy atom. The summed E-state index contributed by atoms with van der Waals surface area (Å²) in [5.41, 5.74) is 4.73. The lowest BCUT2D eigenvalue weighted by Crippen LogP contribution is -2.34. The van der Waals surface area contributed by atoms with Gasteiger partial charge < -0.3 is 9.47 Å². The molecule has 0 aromatic carbocycles. The smallest absolute Gasteiger partial charge is 0.428 e. The molecular weight excluding hydrogens is 170 g/mol. The number of hydrogen-bond donors (Lipinski definition) is 1. The second kappa shape index (κ2) is 4.46. The van der Waals surface area contributed by atoms with Gasteiger partial charge in [0.1, 0.15) is 12.3 Å². The highest BCUT2D eigenvalue weighted by molar-refractivity contribution is 5.60. The molecule has 0 aromatic heterocycles. The van der Waals surface area contributed by atoms with Crippen LogP contribution in [0.2, 0.25) is 0 Å². The van der Waals surface area contributed by atoms with E-state index in [9.17, 15) is 4.79 Å². The topological polar surface area (TPSA) is 61.5 Å². The lowest BCUT2D eigenvalue weighted by Gasteiger charge is -2.32. The van der Waals surface area contributed by atoms with E-state index < -0.39 is 6.16 Å². The van der Waals surface area contributed by atoms with Crippen LogP contribution < -0.4 is 5.73 Å². The number of hydrogen-bond acceptors (Lipinski definition) is 4. The van der Waals surface area contributed by atoms with Crippen LogP contribution >= 0.6 is 0 Å². The first-order valence-corrected chi connectivity index (χ1v) is 4.72. The molecule has 0 radical (unpaired) electrons. The van der Waals surface area contributed by atoms with E-state index in [0.29, 0.717) is 0 Å². The van der Waals surface area contributed by atoms with Crippen molar-refractivity contribution in [2.75, 3.05) is 6.73 Å². The van der Waals surface area contributed by atoms with Crippen molar-refractivity contribution in [2.24, 2.45) is 5.73 Å². The van der Waals surface area contributed by atoms with Crippen molar-refractivity contribution >= 4 is 6.16 Å². The fourth-order valence-corrected chi connectivity index (χ4v) is 1.70. The minimum absolute atomic E-state index is 0.116. The minimum Gasteiger partial charge on any atom is -0.428 e. The fourth-order valence-electron chi connectivity index (χ4n) is 1.70. The summed E-state index contributed by atoms with van der Waals surface area (Å²) in [5, 5.41) is 0. The van der Waals surface area contributed by atoms with E-state index >= 15 is 0 Å². The monoisotopic (exact) mass is 187 g/mol. The van der Waals surface area contributed by atoms with Gasteiger partial charge in [0, 0.05) is 0 Å². The molecule has 0 heterocycles. The highest BCUT2D eigenvalue weighted by Gasteiger charge is 2.31. The summed E-state index contributed by atoms with van der Waals surface area (Å²) in [7, 11) is 0. The van der Waals surface area contributed by atoms with Crippen molar-refractivity contribution in [1.29, 1.82) is 0 Å². The van der Waals surface area contributed by atoms with Crippen LogP contribution in [0.3, 0.4) is 0 Å². The second-order valence-corrected chi connectivity index (χ2v) is 3.67. The van der Waals surface area contributed by atoms with E-state index in [-0.39, 0.29) is 12.3 Å². The lowest BCUT2D eigenvalue weighted by atomic mass is 9.86. The first-order valence-electron chi connectivity index (χ1n) is 4.72. The van der Waals surface area contributed by atoms with Crippen LogP contribution in [0, 0.1) is 0 Å². The molecule has 1 aliphatic carbocycles. The summed E-state index contributed by atoms with van der Waals surface area (Å²) in [4.78, 5) is 11.0. The van der Waals surface area contributed by atoms with Gasteiger partial charge in [0.15, 0.2) is 0 Å². The summed E-state index contributed by atoms with van der Waals surface area (Å²) in [6, 6.07) is 0. The van der Waals surface area contributed by atoms with Gasteiger partial charge in [0.25, 0.3) is 0 Å². The zero-order valence-electron chi connectivity index (χ0n) is 8.04. The Kier molecular flexibility index (Phi) is 3.54. The SMILES string of the molecule is CC1(OC(=O)OCN)CCCCC1. The van der Waals surface area contributed by atoms with Crippen LogP contribution in [0.5, 0.6) is 0 Å². The van der Waals surface area contributed by atoms with Gasteiger partial charge in [0.2, 0.25) is 0 Å². The lowest BCUT2D eigenvalue weighted by molar-refractivity contribution is -0.0432. The van der Waals surface area contributed by atoms with Crippen molar-refractivity contribution in [1.82, 2.24) is 0 Å². The van der Waals surface area contributed by atoms with Crippen molar-refractivity contribution in [3.63, 3.8) is 0 Å². The summed E-state index contributed by atoms with van der Waals surface area (Å²) in [6.45, 7) is 1.83. The van der Waals surface area contributed by atoms with E-state index in [1.807, 2.05) is 6.92 Å². The van der Waals surface area contributed by atoms with Gasteiger partial charge in [0.05, 0.1) is 0 Å². The molecule has 76 valence electrons. The van der Waals surface area contributed by atoms with Gasteiger partial charge in [-0.1, -0.05) is 6.42 Å². The van der Waals surface area contributed by atoms with E-state index in [2.05, 4.69) is 4.74 Å². The van der Waals surface area contributed by atoms with Gasteiger partial charge in [-0.25, -0.2) is 4.79 Å². The Bertz CT molecular complexity index is 176. The zero-order chi connectivity index (χ0) is 9.73. The molecular formula is C9H17NO3. The third-order valence-corrected chi connectivity index (χ3v) is 2.44. The predicted molar refractivity (Wildman–Crippen MR) is 48.1 cm³/mol. The first kappa shape index (κ1) is 10.3. The Balaban J connectivity index is 2.36. The number of rotatable bonds is 2. The van der Waals surface area contributed by atoms with E-state index in [1.54, 1.807) is 0 Å². The highest BCUT2D eigenvalue weighted by atomic mass is 16.7. The largest absolute Gasteiger partial charge is 0.510 e. The Morgan fingerprint density at radius 3 is 2.54 bits per heavy atom. The van der Waals surface area contributed by atoms with Crippen molar-refractivity contribution in [3.05, 3.63) is 0 Å². The maximum atomic E-state index is 11.0. The number of nitrogens with two attached hydrogens (primary N) is 1. The van der Waals surface area contributed by atoms with Crippen molar-refractivity contribution in [3.8, 4) is 0 Å². The van der Waals surface area contributed by atoms with E-state index in [4.69, 9.17) is 10.5 Å². The molecule has 2 N–H and O–H groups in total. The molecule has 1 fully saturated rings. The molecule has 0 bridgehead atoms. The minimum atomic E-state index is -0.646. The summed E-state index contributed by atoms with van der Waals surface area (Å²) < 4.78 is 9.70. The van der Waals surface area contributed by atoms with Crippen LogP contribution in [0.15, 0.2) is 0 Å². The molecule has 0 aliphatic heterocycles. The van der Waals surface area contributed by atoms with Gasteiger partial charge in [-0.3, -0.25) is 5.73 Å². The van der Waals surface area contributed by atoms with Gasteiger partial charge >= 0.3 is 6.16 Å². The van der Waals surface area contributed by atoms with Gasteiger partial charge in [-0.15, -0.1) is 0 Å². The average molecular weight is 187 g/mol. The molecule has 0 spiro atoms. The summed E-state index contributed by atoms with van der Waals surface area (Å²) in [5.74, 6) is 0. The number of carbonyl (C=O) groups excluding carboxylic acids is 1. The number of carbonyl (C=O) groups is 1. The van der Waals surface area contributed by atoms with Crippen LogP contribution in [0.4, 0.5) is 4.79 Å². The Hall–Kier alpha value is -0.770. The molecule has 4 heteroatoms. The maximum Gasteiger partial charge on any atom is 0.510 e. The fraction of sp³-hybridized carbons (Fsp3) is 0.889. The molecule has 0 amide bonds. The summed E-state index contributed by atoms with van der Waals surface area (Å²) in [6.07, 6.45) is 4.66. The quantitative estimate of drug-likeness (QED) is 0.528. The second-order valence-electron chi connectivity index (χ2n) is 3.67. The molecule has 4 nitrogen and oxygen atoms in total. The van der Waals surface area contributed by atoms with Crippen LogP contribution in [-0.2, 0) is 9.47 Å². The standard InChI is InChI=1S/C9H17NO3/c1-9(5-3-2-4-6-9)13-8(11)12-7-10/h2-7,10H2,1H3. The molecule has 0 atom stereocenters. The average Bonchev–Trinajstić information content (AvgIpc) is 2.04. The number of ether oxygens (including phenoxy) is 2. The van der Waals surface area contributed by atoms with Crippen LogP contribution in [-0.4, -0.2) is 18.5 Å². The van der Waals surface area contributed by atoms with Crippen molar-refractivity contribution < 1.29 is 14.3 Å². The highest BCUT2D eigenvalue weighted by Crippen LogP contribution is 2.31. The Labute approximate surface area is 78.4 Å². The van der Waals surface area contributed by atoms with Crippen molar-refractivity contribution in [2.45, 2.75) is 44.6 Å². The summed E-state index contributed by atoms with van der Waals surface area (Å²) >= 11 is 0. The third kappa shape index (κ3) is 3.22. The first-order chi connectivity index (χ1) is 6.16. The zero-order valence-corrected chi connectivity index (χ0v) is 8.04. The molecule has 1 rings (SSSR count). The molecule has 1 aliphatic rings. The van der Waals surface area contributed by atoms with Gasteiger partial charge in [-0.2, -0.15) is 0 Å². The molecule has 0 aromatic rings.